The van der Waals surface area contributed by atoms with Crippen molar-refractivity contribution < 1.29 is 28.3 Å². The quantitative estimate of drug-likeness (QED) is 0.485. The maximum Gasteiger partial charge on any atom is 0.308 e. The lowest BCUT2D eigenvalue weighted by atomic mass is 10.0. The molecule has 0 fully saturated rings. The van der Waals surface area contributed by atoms with Crippen LogP contribution in [0.3, 0.4) is 0 Å². The summed E-state index contributed by atoms with van der Waals surface area (Å²) in [6.07, 6.45) is -0.410. The molecule has 31 heavy (non-hydrogen) atoms. The topological polar surface area (TPSA) is 128 Å². The smallest absolute Gasteiger partial charge is 0.308 e. The molecule has 0 aliphatic carbocycles. The molecule has 9 heteroatoms. The second-order valence-corrected chi connectivity index (χ2v) is 6.90. The Bertz CT molecular complexity index is 919. The van der Waals surface area contributed by atoms with E-state index >= 15 is 0 Å². The summed E-state index contributed by atoms with van der Waals surface area (Å²) in [4.78, 5) is 48.0. The first kappa shape index (κ1) is 23.5. The zero-order valence-electron chi connectivity index (χ0n) is 17.0. The van der Waals surface area contributed by atoms with E-state index < -0.39 is 48.0 Å². The molecule has 0 aliphatic heterocycles. The van der Waals surface area contributed by atoms with Crippen LogP contribution in [0.25, 0.3) is 0 Å². The van der Waals surface area contributed by atoms with Gasteiger partial charge in [0.05, 0.1) is 6.42 Å². The predicted molar refractivity (Wildman–Crippen MR) is 110 cm³/mol. The van der Waals surface area contributed by atoms with Crippen molar-refractivity contribution in [2.24, 2.45) is 5.73 Å². The zero-order chi connectivity index (χ0) is 22.8. The molecule has 164 valence electrons. The molecule has 2 atom stereocenters. The fourth-order valence-corrected chi connectivity index (χ4v) is 2.77. The second-order valence-electron chi connectivity index (χ2n) is 6.90. The van der Waals surface area contributed by atoms with E-state index in [1.165, 1.54) is 31.2 Å². The van der Waals surface area contributed by atoms with E-state index in [-0.39, 0.29) is 13.0 Å². The first-order valence-corrected chi connectivity index (χ1v) is 9.55. The van der Waals surface area contributed by atoms with Crippen LogP contribution in [0.15, 0.2) is 54.6 Å². The number of amides is 3. The maximum absolute atomic E-state index is 13.1. The van der Waals surface area contributed by atoms with Gasteiger partial charge in [-0.05, 0) is 23.3 Å². The second kappa shape index (κ2) is 11.4. The van der Waals surface area contributed by atoms with Crippen molar-refractivity contribution in [3.8, 4) is 0 Å². The Balaban J connectivity index is 1.99. The highest BCUT2D eigenvalue weighted by atomic mass is 19.1. The number of benzene rings is 2. The molecule has 0 radical (unpaired) electrons. The van der Waals surface area contributed by atoms with E-state index in [0.717, 1.165) is 5.56 Å². The molecular formula is C22H24FN3O5. The van der Waals surface area contributed by atoms with Crippen molar-refractivity contribution in [1.82, 2.24) is 10.6 Å². The minimum absolute atomic E-state index is 0.0121. The van der Waals surface area contributed by atoms with E-state index in [9.17, 15) is 23.6 Å². The van der Waals surface area contributed by atoms with Crippen molar-refractivity contribution in [1.29, 1.82) is 0 Å². The third kappa shape index (κ3) is 8.25. The summed E-state index contributed by atoms with van der Waals surface area (Å²) in [6, 6.07) is 12.0. The lowest BCUT2D eigenvalue weighted by Gasteiger charge is -2.21. The largest absolute Gasteiger partial charge is 0.461 e. The summed E-state index contributed by atoms with van der Waals surface area (Å²) >= 11 is 0. The predicted octanol–water partition coefficient (Wildman–Crippen LogP) is 0.976. The van der Waals surface area contributed by atoms with Gasteiger partial charge in [-0.25, -0.2) is 4.39 Å². The van der Waals surface area contributed by atoms with Crippen LogP contribution >= 0.6 is 0 Å². The summed E-state index contributed by atoms with van der Waals surface area (Å²) in [6.45, 7) is 1.25. The number of halogens is 1. The zero-order valence-corrected chi connectivity index (χ0v) is 17.0. The van der Waals surface area contributed by atoms with Crippen molar-refractivity contribution in [3.63, 3.8) is 0 Å². The lowest BCUT2D eigenvalue weighted by molar-refractivity contribution is -0.147. The monoisotopic (exact) mass is 429 g/mol. The number of carbonyl (C=O) groups is 4. The van der Waals surface area contributed by atoms with Gasteiger partial charge in [0.1, 0.15) is 24.5 Å². The SMILES string of the molecule is CC(=O)N[C@H](Cc1ccc(F)cc1)C(=O)N[C@@H](CC(=O)OCc1ccccc1)C(N)=O. The van der Waals surface area contributed by atoms with Gasteiger partial charge in [-0.1, -0.05) is 42.5 Å². The number of nitrogens with one attached hydrogen (secondary N) is 2. The Hall–Kier alpha value is -3.75. The van der Waals surface area contributed by atoms with Crippen molar-refractivity contribution in [2.75, 3.05) is 0 Å². The van der Waals surface area contributed by atoms with E-state index in [1.54, 1.807) is 24.3 Å². The summed E-state index contributed by atoms with van der Waals surface area (Å²) in [5.74, 6) is -3.26. The first-order chi connectivity index (χ1) is 14.7. The number of esters is 1. The summed E-state index contributed by atoms with van der Waals surface area (Å²) in [5, 5.41) is 4.85. The van der Waals surface area contributed by atoms with E-state index in [2.05, 4.69) is 10.6 Å². The molecular weight excluding hydrogens is 405 g/mol. The van der Waals surface area contributed by atoms with Gasteiger partial charge < -0.3 is 21.1 Å². The fourth-order valence-electron chi connectivity index (χ4n) is 2.77. The number of nitrogens with two attached hydrogens (primary N) is 1. The van der Waals surface area contributed by atoms with E-state index in [4.69, 9.17) is 10.5 Å². The van der Waals surface area contributed by atoms with Gasteiger partial charge in [-0.15, -0.1) is 0 Å². The maximum atomic E-state index is 13.1. The van der Waals surface area contributed by atoms with Gasteiger partial charge in [-0.3, -0.25) is 19.2 Å². The van der Waals surface area contributed by atoms with Crippen LogP contribution in [0.4, 0.5) is 4.39 Å². The van der Waals surface area contributed by atoms with Crippen LogP contribution < -0.4 is 16.4 Å². The molecule has 8 nitrogen and oxygen atoms in total. The molecule has 0 heterocycles. The highest BCUT2D eigenvalue weighted by Crippen LogP contribution is 2.08. The number of hydrogen-bond donors (Lipinski definition) is 3. The third-order valence-corrected chi connectivity index (χ3v) is 4.32. The van der Waals surface area contributed by atoms with Crippen molar-refractivity contribution in [2.45, 2.75) is 38.5 Å². The fraction of sp³-hybridized carbons (Fsp3) is 0.273. The molecule has 0 bridgehead atoms. The average molecular weight is 429 g/mol. The summed E-state index contributed by atoms with van der Waals surface area (Å²) < 4.78 is 18.2. The van der Waals surface area contributed by atoms with Gasteiger partial charge in [0.2, 0.25) is 17.7 Å². The number of primary amides is 1. The van der Waals surface area contributed by atoms with E-state index in [1.807, 2.05) is 6.07 Å². The van der Waals surface area contributed by atoms with Gasteiger partial charge in [0.25, 0.3) is 0 Å². The number of hydrogen-bond acceptors (Lipinski definition) is 5. The highest BCUT2D eigenvalue weighted by molar-refractivity contribution is 5.93. The molecule has 0 spiro atoms. The Labute approximate surface area is 179 Å². The minimum Gasteiger partial charge on any atom is -0.461 e. The number of rotatable bonds is 10. The van der Waals surface area contributed by atoms with Crippen LogP contribution in [-0.2, 0) is 36.9 Å². The van der Waals surface area contributed by atoms with Crippen LogP contribution in [0.2, 0.25) is 0 Å². The number of carbonyl (C=O) groups excluding carboxylic acids is 4. The van der Waals surface area contributed by atoms with Crippen molar-refractivity contribution in [3.05, 3.63) is 71.5 Å². The average Bonchev–Trinajstić information content (AvgIpc) is 2.73. The molecule has 3 amide bonds. The minimum atomic E-state index is -1.32. The Morgan fingerprint density at radius 2 is 1.58 bits per heavy atom. The van der Waals surface area contributed by atoms with Gasteiger partial charge in [-0.2, -0.15) is 0 Å². The molecule has 2 rings (SSSR count). The Morgan fingerprint density at radius 1 is 0.935 bits per heavy atom. The summed E-state index contributed by atoms with van der Waals surface area (Å²) in [5.41, 5.74) is 6.68. The Morgan fingerprint density at radius 3 is 2.16 bits per heavy atom. The summed E-state index contributed by atoms with van der Waals surface area (Å²) in [7, 11) is 0. The van der Waals surface area contributed by atoms with Crippen LogP contribution in [0.1, 0.15) is 24.5 Å². The highest BCUT2D eigenvalue weighted by Gasteiger charge is 2.27. The molecule has 0 saturated carbocycles. The van der Waals surface area contributed by atoms with E-state index in [0.29, 0.717) is 5.56 Å². The molecule has 4 N–H and O–H groups in total. The van der Waals surface area contributed by atoms with Gasteiger partial charge in [0.15, 0.2) is 0 Å². The number of ether oxygens (including phenoxy) is 1. The molecule has 0 unspecified atom stereocenters. The molecule has 2 aromatic carbocycles. The van der Waals surface area contributed by atoms with Crippen LogP contribution in [-0.4, -0.2) is 35.8 Å². The molecule has 0 saturated heterocycles. The first-order valence-electron chi connectivity index (χ1n) is 9.55. The molecule has 0 aliphatic rings. The van der Waals surface area contributed by atoms with Crippen LogP contribution in [0.5, 0.6) is 0 Å². The third-order valence-electron chi connectivity index (χ3n) is 4.32. The lowest BCUT2D eigenvalue weighted by Crippen LogP contribution is -2.54. The van der Waals surface area contributed by atoms with Gasteiger partial charge in [0, 0.05) is 13.3 Å². The standard InChI is InChI=1S/C22H24FN3O5/c1-14(27)25-19(11-15-7-9-17(23)10-8-15)22(30)26-18(21(24)29)12-20(28)31-13-16-5-3-2-4-6-16/h2-10,18-19H,11-13H2,1H3,(H2,24,29)(H,25,27)(H,26,30)/t18-,19+/m0/s1. The van der Waals surface area contributed by atoms with Gasteiger partial charge >= 0.3 is 5.97 Å². The Kier molecular flexibility index (Phi) is 8.68. The molecule has 0 aromatic heterocycles. The molecule has 2 aromatic rings. The van der Waals surface area contributed by atoms with Crippen LogP contribution in [0, 0.1) is 5.82 Å². The van der Waals surface area contributed by atoms with Crippen molar-refractivity contribution >= 4 is 23.7 Å². The normalized spacial score (nSPS) is 12.3.